The van der Waals surface area contributed by atoms with Crippen LogP contribution in [-0.2, 0) is 0 Å². The molecule has 0 aliphatic heterocycles. The van der Waals surface area contributed by atoms with Gasteiger partial charge >= 0.3 is 0 Å². The van der Waals surface area contributed by atoms with E-state index in [2.05, 4.69) is 42.4 Å². The number of benzene rings is 1. The van der Waals surface area contributed by atoms with Crippen LogP contribution in [0.15, 0.2) is 30.5 Å². The molecule has 18 heavy (non-hydrogen) atoms. The highest BCUT2D eigenvalue weighted by atomic mass is 15.4. The maximum atomic E-state index is 5.97. The standard InChI is InChI=1S/C14H20N4/c1-4-12(15)13-9-18(17-16-13)14-8-6-5-7-11(14)10(2)3/h5-10,12H,4,15H2,1-3H3. The SMILES string of the molecule is CCC(N)c1cn(-c2ccccc2C(C)C)nn1. The predicted octanol–water partition coefficient (Wildman–Crippen LogP) is 2.80. The molecule has 2 N–H and O–H groups in total. The van der Waals surface area contributed by atoms with Gasteiger partial charge in [-0.05, 0) is 24.0 Å². The fourth-order valence-electron chi connectivity index (χ4n) is 1.96. The average molecular weight is 244 g/mol. The normalized spacial score (nSPS) is 12.9. The van der Waals surface area contributed by atoms with Gasteiger partial charge in [-0.25, -0.2) is 4.68 Å². The minimum absolute atomic E-state index is 0.0371. The highest BCUT2D eigenvalue weighted by Crippen LogP contribution is 2.22. The van der Waals surface area contributed by atoms with Gasteiger partial charge in [0.05, 0.1) is 23.6 Å². The maximum absolute atomic E-state index is 5.97. The van der Waals surface area contributed by atoms with Crippen LogP contribution in [0.1, 0.15) is 50.4 Å². The van der Waals surface area contributed by atoms with E-state index in [4.69, 9.17) is 5.73 Å². The molecular formula is C14H20N4. The molecule has 0 bridgehead atoms. The summed E-state index contributed by atoms with van der Waals surface area (Å²) in [6.45, 7) is 6.40. The minimum atomic E-state index is -0.0371. The lowest BCUT2D eigenvalue weighted by atomic mass is 10.0. The zero-order chi connectivity index (χ0) is 13.1. The summed E-state index contributed by atoms with van der Waals surface area (Å²) in [6.07, 6.45) is 2.79. The van der Waals surface area contributed by atoms with Crippen molar-refractivity contribution in [1.82, 2.24) is 15.0 Å². The van der Waals surface area contributed by atoms with Crippen LogP contribution in [-0.4, -0.2) is 15.0 Å². The van der Waals surface area contributed by atoms with Gasteiger partial charge in [-0.15, -0.1) is 5.10 Å². The number of rotatable bonds is 4. The Labute approximate surface area is 108 Å². The van der Waals surface area contributed by atoms with E-state index in [1.165, 1.54) is 5.56 Å². The van der Waals surface area contributed by atoms with Crippen LogP contribution >= 0.6 is 0 Å². The van der Waals surface area contributed by atoms with Crippen molar-refractivity contribution in [2.45, 2.75) is 39.2 Å². The Bertz CT molecular complexity index is 516. The smallest absolute Gasteiger partial charge is 0.0998 e. The Morgan fingerprint density at radius 1 is 1.28 bits per heavy atom. The van der Waals surface area contributed by atoms with Crippen molar-refractivity contribution >= 4 is 0 Å². The highest BCUT2D eigenvalue weighted by molar-refractivity contribution is 5.42. The van der Waals surface area contributed by atoms with E-state index in [-0.39, 0.29) is 6.04 Å². The van der Waals surface area contributed by atoms with Gasteiger partial charge in [0.25, 0.3) is 0 Å². The molecule has 2 aromatic rings. The number of nitrogens with zero attached hydrogens (tertiary/aromatic N) is 3. The van der Waals surface area contributed by atoms with Gasteiger partial charge in [0.2, 0.25) is 0 Å². The first-order chi connectivity index (χ1) is 8.63. The highest BCUT2D eigenvalue weighted by Gasteiger charge is 2.12. The monoisotopic (exact) mass is 244 g/mol. The van der Waals surface area contributed by atoms with E-state index < -0.39 is 0 Å². The molecule has 2 rings (SSSR count). The zero-order valence-electron chi connectivity index (χ0n) is 11.2. The Kier molecular flexibility index (Phi) is 3.77. The number of nitrogens with two attached hydrogens (primary N) is 1. The van der Waals surface area contributed by atoms with Crippen LogP contribution in [0.3, 0.4) is 0 Å². The van der Waals surface area contributed by atoms with E-state index in [0.29, 0.717) is 5.92 Å². The van der Waals surface area contributed by atoms with Crippen LogP contribution in [0.25, 0.3) is 5.69 Å². The summed E-state index contributed by atoms with van der Waals surface area (Å²) < 4.78 is 1.82. The van der Waals surface area contributed by atoms with Crippen LogP contribution in [0.5, 0.6) is 0 Å². The molecular weight excluding hydrogens is 224 g/mol. The molecule has 0 radical (unpaired) electrons. The molecule has 0 amide bonds. The fourth-order valence-corrected chi connectivity index (χ4v) is 1.96. The van der Waals surface area contributed by atoms with Crippen LogP contribution in [0, 0.1) is 0 Å². The summed E-state index contributed by atoms with van der Waals surface area (Å²) in [6, 6.07) is 8.22. The third-order valence-corrected chi connectivity index (χ3v) is 3.14. The number of hydrogen-bond donors (Lipinski definition) is 1. The zero-order valence-corrected chi connectivity index (χ0v) is 11.2. The van der Waals surface area contributed by atoms with Crippen molar-refractivity contribution in [3.63, 3.8) is 0 Å². The van der Waals surface area contributed by atoms with Gasteiger partial charge in [-0.1, -0.05) is 44.2 Å². The minimum Gasteiger partial charge on any atom is -0.323 e. The van der Waals surface area contributed by atoms with Crippen molar-refractivity contribution < 1.29 is 0 Å². The van der Waals surface area contributed by atoms with Gasteiger partial charge in [0, 0.05) is 0 Å². The Balaban J connectivity index is 2.40. The van der Waals surface area contributed by atoms with Gasteiger partial charge in [-0.2, -0.15) is 0 Å². The molecule has 0 fully saturated rings. The van der Waals surface area contributed by atoms with Gasteiger partial charge in [-0.3, -0.25) is 0 Å². The molecule has 4 heteroatoms. The first-order valence-corrected chi connectivity index (χ1v) is 6.40. The summed E-state index contributed by atoms with van der Waals surface area (Å²) in [4.78, 5) is 0. The van der Waals surface area contributed by atoms with E-state index in [1.54, 1.807) is 0 Å². The molecule has 0 saturated heterocycles. The van der Waals surface area contributed by atoms with Crippen LogP contribution in [0.4, 0.5) is 0 Å². The molecule has 1 heterocycles. The van der Waals surface area contributed by atoms with Crippen molar-refractivity contribution in [2.24, 2.45) is 5.73 Å². The summed E-state index contributed by atoms with van der Waals surface area (Å²) in [7, 11) is 0. The summed E-state index contributed by atoms with van der Waals surface area (Å²) in [5, 5.41) is 8.34. The first kappa shape index (κ1) is 12.8. The van der Waals surface area contributed by atoms with Crippen molar-refractivity contribution in [2.75, 3.05) is 0 Å². The molecule has 1 aromatic carbocycles. The first-order valence-electron chi connectivity index (χ1n) is 6.40. The molecule has 1 unspecified atom stereocenters. The molecule has 1 atom stereocenters. The largest absolute Gasteiger partial charge is 0.323 e. The topological polar surface area (TPSA) is 56.7 Å². The molecule has 96 valence electrons. The summed E-state index contributed by atoms with van der Waals surface area (Å²) in [5.74, 6) is 0.452. The summed E-state index contributed by atoms with van der Waals surface area (Å²) >= 11 is 0. The third-order valence-electron chi connectivity index (χ3n) is 3.14. The Morgan fingerprint density at radius 3 is 2.67 bits per heavy atom. The van der Waals surface area contributed by atoms with Crippen molar-refractivity contribution in [3.05, 3.63) is 41.7 Å². The molecule has 0 spiro atoms. The number of hydrogen-bond acceptors (Lipinski definition) is 3. The number of para-hydroxylation sites is 1. The maximum Gasteiger partial charge on any atom is 0.0998 e. The molecule has 0 saturated carbocycles. The van der Waals surface area contributed by atoms with E-state index in [1.807, 2.05) is 23.9 Å². The lowest BCUT2D eigenvalue weighted by Crippen LogP contribution is -2.08. The lowest BCUT2D eigenvalue weighted by Gasteiger charge is -2.11. The lowest BCUT2D eigenvalue weighted by molar-refractivity contribution is 0.670. The Hall–Kier alpha value is -1.68. The van der Waals surface area contributed by atoms with Gasteiger partial charge < -0.3 is 5.73 Å². The van der Waals surface area contributed by atoms with Gasteiger partial charge in [0.15, 0.2) is 0 Å². The quantitative estimate of drug-likeness (QED) is 0.899. The second-order valence-electron chi connectivity index (χ2n) is 4.82. The van der Waals surface area contributed by atoms with Crippen molar-refractivity contribution in [1.29, 1.82) is 0 Å². The van der Waals surface area contributed by atoms with E-state index in [0.717, 1.165) is 17.8 Å². The molecule has 0 aliphatic carbocycles. The number of aromatic nitrogens is 3. The van der Waals surface area contributed by atoms with Crippen molar-refractivity contribution in [3.8, 4) is 5.69 Å². The van der Waals surface area contributed by atoms with Gasteiger partial charge in [0.1, 0.15) is 0 Å². The molecule has 0 aliphatic rings. The predicted molar refractivity (Wildman–Crippen MR) is 72.7 cm³/mol. The molecule has 4 nitrogen and oxygen atoms in total. The Morgan fingerprint density at radius 2 is 2.00 bits per heavy atom. The second kappa shape index (κ2) is 5.31. The molecule has 1 aromatic heterocycles. The summed E-state index contributed by atoms with van der Waals surface area (Å²) in [5.41, 5.74) is 9.15. The average Bonchev–Trinajstić information content (AvgIpc) is 2.87. The second-order valence-corrected chi connectivity index (χ2v) is 4.82. The third kappa shape index (κ3) is 2.43. The fraction of sp³-hybridized carbons (Fsp3) is 0.429. The van der Waals surface area contributed by atoms with E-state index >= 15 is 0 Å². The van der Waals surface area contributed by atoms with E-state index in [9.17, 15) is 0 Å². The van der Waals surface area contributed by atoms with Crippen LogP contribution < -0.4 is 5.73 Å². The van der Waals surface area contributed by atoms with Crippen LogP contribution in [0.2, 0.25) is 0 Å².